The van der Waals surface area contributed by atoms with E-state index < -0.39 is 11.0 Å². The van der Waals surface area contributed by atoms with Gasteiger partial charge in [0.05, 0.1) is 16.7 Å². The fourth-order valence-electron chi connectivity index (χ4n) is 4.00. The van der Waals surface area contributed by atoms with Crippen LogP contribution in [0.1, 0.15) is 28.8 Å². The highest BCUT2D eigenvalue weighted by Gasteiger charge is 2.18. The molecule has 33 heavy (non-hydrogen) atoms. The molecule has 0 radical (unpaired) electrons. The van der Waals surface area contributed by atoms with Crippen molar-refractivity contribution in [1.29, 1.82) is 0 Å². The van der Waals surface area contributed by atoms with Gasteiger partial charge in [0.2, 0.25) is 0 Å². The lowest BCUT2D eigenvalue weighted by Gasteiger charge is -2.27. The van der Waals surface area contributed by atoms with E-state index >= 15 is 0 Å². The Morgan fingerprint density at radius 3 is 2.67 bits per heavy atom. The number of amides is 1. The summed E-state index contributed by atoms with van der Waals surface area (Å²) in [5.74, 6) is 0.507. The molecule has 0 aliphatic carbocycles. The van der Waals surface area contributed by atoms with Crippen LogP contribution in [0.4, 0.5) is 11.4 Å². The maximum absolute atomic E-state index is 12.9. The number of carbonyl (C=O) groups excluding carboxylic acids is 1. The molecule has 1 saturated heterocycles. The standard InChI is InChI=1S/C26H24N4O2S/c1-18-6-9-20(17-22(18)23-12-13-24-25(29-23)5-4-14-27-24)28-26(31)19-7-10-21(11-8-19)30-15-2-3-16-33(30)32/h4-14,17H,2-3,15-16H2,1H3,(H,28,31). The maximum Gasteiger partial charge on any atom is 0.255 e. The van der Waals surface area contributed by atoms with Gasteiger partial charge >= 0.3 is 0 Å². The molecular formula is C26H24N4O2S. The van der Waals surface area contributed by atoms with Crippen molar-refractivity contribution in [1.82, 2.24) is 9.97 Å². The van der Waals surface area contributed by atoms with Crippen LogP contribution in [0.25, 0.3) is 22.3 Å². The summed E-state index contributed by atoms with van der Waals surface area (Å²) in [6, 6.07) is 20.8. The van der Waals surface area contributed by atoms with Crippen molar-refractivity contribution in [2.24, 2.45) is 0 Å². The van der Waals surface area contributed by atoms with Gasteiger partial charge in [0.1, 0.15) is 11.0 Å². The zero-order valence-electron chi connectivity index (χ0n) is 18.3. The molecule has 1 N–H and O–H groups in total. The van der Waals surface area contributed by atoms with E-state index in [1.54, 1.807) is 18.3 Å². The van der Waals surface area contributed by atoms with Gasteiger partial charge in [-0.2, -0.15) is 0 Å². The molecule has 1 aliphatic rings. The second-order valence-electron chi connectivity index (χ2n) is 8.10. The molecule has 6 nitrogen and oxygen atoms in total. The van der Waals surface area contributed by atoms with Gasteiger partial charge < -0.3 is 5.32 Å². The predicted octanol–water partition coefficient (Wildman–Crippen LogP) is 5.12. The third kappa shape index (κ3) is 4.50. The zero-order chi connectivity index (χ0) is 22.8. The number of pyridine rings is 2. The molecule has 2 aromatic heterocycles. The lowest BCUT2D eigenvalue weighted by atomic mass is 10.0. The van der Waals surface area contributed by atoms with E-state index in [4.69, 9.17) is 4.98 Å². The Hall–Kier alpha value is -3.58. The Balaban J connectivity index is 1.36. The number of carbonyl (C=O) groups is 1. The molecule has 0 bridgehead atoms. The fraction of sp³-hybridized carbons (Fsp3) is 0.192. The van der Waals surface area contributed by atoms with Crippen molar-refractivity contribution >= 4 is 39.3 Å². The number of rotatable bonds is 4. The van der Waals surface area contributed by atoms with Crippen molar-refractivity contribution in [3.05, 3.63) is 84.1 Å². The van der Waals surface area contributed by atoms with Crippen molar-refractivity contribution in [3.8, 4) is 11.3 Å². The van der Waals surface area contributed by atoms with Crippen LogP contribution in [0.15, 0.2) is 72.9 Å². The summed E-state index contributed by atoms with van der Waals surface area (Å²) in [7, 11) is -0.987. The van der Waals surface area contributed by atoms with Gasteiger partial charge in [-0.1, -0.05) is 6.07 Å². The highest BCUT2D eigenvalue weighted by atomic mass is 32.2. The Kier molecular flexibility index (Phi) is 5.88. The van der Waals surface area contributed by atoms with Crippen LogP contribution in [0.5, 0.6) is 0 Å². The van der Waals surface area contributed by atoms with Crippen molar-refractivity contribution in [2.45, 2.75) is 19.8 Å². The van der Waals surface area contributed by atoms with Crippen LogP contribution in [-0.4, -0.2) is 32.4 Å². The Morgan fingerprint density at radius 1 is 1.00 bits per heavy atom. The first-order valence-electron chi connectivity index (χ1n) is 11.0. The van der Waals surface area contributed by atoms with Gasteiger partial charge in [0.15, 0.2) is 0 Å². The van der Waals surface area contributed by atoms with Crippen molar-refractivity contribution in [3.63, 3.8) is 0 Å². The fourth-order valence-corrected chi connectivity index (χ4v) is 5.37. The lowest BCUT2D eigenvalue weighted by molar-refractivity contribution is 0.102. The minimum Gasteiger partial charge on any atom is -0.322 e. The van der Waals surface area contributed by atoms with Gasteiger partial charge in [-0.3, -0.25) is 14.1 Å². The number of aryl methyl sites for hydroxylation is 1. The summed E-state index contributed by atoms with van der Waals surface area (Å²) in [6.45, 7) is 2.81. The van der Waals surface area contributed by atoms with Crippen LogP contribution in [0, 0.1) is 6.92 Å². The molecule has 1 aliphatic heterocycles. The zero-order valence-corrected chi connectivity index (χ0v) is 19.1. The number of hydrogen-bond donors (Lipinski definition) is 1. The first-order valence-corrected chi connectivity index (χ1v) is 12.3. The topological polar surface area (TPSA) is 75.2 Å². The van der Waals surface area contributed by atoms with Crippen LogP contribution in [0.2, 0.25) is 0 Å². The van der Waals surface area contributed by atoms with Gasteiger partial charge in [-0.25, -0.2) is 9.19 Å². The summed E-state index contributed by atoms with van der Waals surface area (Å²) in [4.78, 5) is 21.9. The van der Waals surface area contributed by atoms with E-state index in [2.05, 4.69) is 10.3 Å². The van der Waals surface area contributed by atoms with Gasteiger partial charge in [-0.15, -0.1) is 0 Å². The summed E-state index contributed by atoms with van der Waals surface area (Å²) >= 11 is 0. The van der Waals surface area contributed by atoms with E-state index in [0.29, 0.717) is 17.0 Å². The van der Waals surface area contributed by atoms with Crippen LogP contribution in [-0.2, 0) is 11.0 Å². The van der Waals surface area contributed by atoms with E-state index in [1.807, 2.05) is 65.8 Å². The Morgan fingerprint density at radius 2 is 1.85 bits per heavy atom. The summed E-state index contributed by atoms with van der Waals surface area (Å²) < 4.78 is 14.2. The molecule has 0 spiro atoms. The number of anilines is 2. The van der Waals surface area contributed by atoms with Gasteiger partial charge in [-0.05, 0) is 86.0 Å². The first-order chi connectivity index (χ1) is 16.1. The highest BCUT2D eigenvalue weighted by Crippen LogP contribution is 2.27. The third-order valence-electron chi connectivity index (χ3n) is 5.82. The Bertz CT molecular complexity index is 1350. The SMILES string of the molecule is Cc1ccc(NC(=O)c2ccc(N3CCCCS3=O)cc2)cc1-c1ccc2ncccc2n1. The molecule has 0 saturated carbocycles. The molecule has 5 rings (SSSR count). The Labute approximate surface area is 195 Å². The number of benzene rings is 2. The summed E-state index contributed by atoms with van der Waals surface area (Å²) in [5.41, 5.74) is 6.69. The number of nitrogens with zero attached hydrogens (tertiary/aromatic N) is 3. The van der Waals surface area contributed by atoms with Gasteiger partial charge in [0.25, 0.3) is 5.91 Å². The second-order valence-corrected chi connectivity index (χ2v) is 9.60. The number of aromatic nitrogens is 2. The van der Waals surface area contributed by atoms with Crippen LogP contribution in [0.3, 0.4) is 0 Å². The average Bonchev–Trinajstić information content (AvgIpc) is 2.85. The van der Waals surface area contributed by atoms with E-state index in [-0.39, 0.29) is 5.91 Å². The number of fused-ring (bicyclic) bond motifs is 1. The van der Waals surface area contributed by atoms with Crippen LogP contribution < -0.4 is 9.62 Å². The average molecular weight is 457 g/mol. The highest BCUT2D eigenvalue weighted by molar-refractivity contribution is 7.86. The molecule has 7 heteroatoms. The van der Waals surface area contributed by atoms with E-state index in [0.717, 1.165) is 52.9 Å². The first kappa shape index (κ1) is 21.3. The molecule has 4 aromatic rings. The molecule has 2 aromatic carbocycles. The molecular weight excluding hydrogens is 432 g/mol. The minimum absolute atomic E-state index is 0.188. The molecule has 3 heterocycles. The maximum atomic E-state index is 12.9. The monoisotopic (exact) mass is 456 g/mol. The molecule has 1 atom stereocenters. The predicted molar refractivity (Wildman–Crippen MR) is 134 cm³/mol. The molecule has 1 fully saturated rings. The third-order valence-corrected chi connectivity index (χ3v) is 7.34. The molecule has 1 unspecified atom stereocenters. The van der Waals surface area contributed by atoms with Crippen molar-refractivity contribution < 1.29 is 9.00 Å². The van der Waals surface area contributed by atoms with Crippen LogP contribution >= 0.6 is 0 Å². The summed E-state index contributed by atoms with van der Waals surface area (Å²) in [6.07, 6.45) is 3.78. The van der Waals surface area contributed by atoms with E-state index in [1.165, 1.54) is 0 Å². The quantitative estimate of drug-likeness (QED) is 0.462. The molecule has 1 amide bonds. The number of hydrogen-bond acceptors (Lipinski definition) is 4. The normalized spacial score (nSPS) is 16.0. The lowest BCUT2D eigenvalue weighted by Crippen LogP contribution is -2.32. The second kappa shape index (κ2) is 9.11. The molecule has 166 valence electrons. The number of nitrogens with one attached hydrogen (secondary N) is 1. The summed E-state index contributed by atoms with van der Waals surface area (Å²) in [5, 5.41) is 2.99. The largest absolute Gasteiger partial charge is 0.322 e. The smallest absolute Gasteiger partial charge is 0.255 e. The minimum atomic E-state index is -0.987. The van der Waals surface area contributed by atoms with Crippen molar-refractivity contribution in [2.75, 3.05) is 21.9 Å². The van der Waals surface area contributed by atoms with Gasteiger partial charge in [0, 0.05) is 41.0 Å². The van der Waals surface area contributed by atoms with E-state index in [9.17, 15) is 9.00 Å².